The van der Waals surface area contributed by atoms with Gasteiger partial charge in [-0.15, -0.1) is 0 Å². The number of carbonyl (C=O) groups is 2. The third kappa shape index (κ3) is 5.64. The van der Waals surface area contributed by atoms with Gasteiger partial charge < -0.3 is 20.5 Å². The number of hydrogen-bond acceptors (Lipinski definition) is 5. The van der Waals surface area contributed by atoms with Gasteiger partial charge in [0.2, 0.25) is 0 Å². The highest BCUT2D eigenvalue weighted by molar-refractivity contribution is 5.95. The average molecular weight is 474 g/mol. The molecule has 0 saturated carbocycles. The number of primary amides is 1. The van der Waals surface area contributed by atoms with E-state index in [0.717, 1.165) is 16.8 Å². The molecule has 35 heavy (non-hydrogen) atoms. The molecule has 0 radical (unpaired) electrons. The van der Waals surface area contributed by atoms with Crippen LogP contribution < -0.4 is 20.5 Å². The average Bonchev–Trinajstić information content (AvgIpc) is 3.31. The lowest BCUT2D eigenvalue weighted by Gasteiger charge is -2.11. The molecule has 1 aromatic heterocycles. The molecule has 178 valence electrons. The number of methoxy groups -OCH3 is 1. The zero-order valence-electron chi connectivity index (χ0n) is 18.9. The van der Waals surface area contributed by atoms with Crippen LogP contribution in [0, 0.1) is 5.82 Å². The summed E-state index contributed by atoms with van der Waals surface area (Å²) in [7, 11) is 1.43. The lowest BCUT2D eigenvalue weighted by atomic mass is 10.1. The first kappa shape index (κ1) is 23.5. The van der Waals surface area contributed by atoms with E-state index in [-0.39, 0.29) is 24.9 Å². The van der Waals surface area contributed by atoms with Gasteiger partial charge in [-0.05, 0) is 54.6 Å². The quantitative estimate of drug-likeness (QED) is 0.386. The normalized spacial score (nSPS) is 10.6. The SMILES string of the molecule is COc1cc(C(=O)NCc2cn(-c3ccccc3)nc2-c2ccc(F)cc2)ccc1OCC(N)=O. The molecule has 8 nitrogen and oxygen atoms in total. The zero-order valence-corrected chi connectivity index (χ0v) is 18.9. The van der Waals surface area contributed by atoms with Crippen LogP contribution in [0.1, 0.15) is 15.9 Å². The molecule has 0 atom stereocenters. The Kier molecular flexibility index (Phi) is 7.06. The van der Waals surface area contributed by atoms with Crippen molar-refractivity contribution in [3.63, 3.8) is 0 Å². The van der Waals surface area contributed by atoms with Crippen LogP contribution in [0.4, 0.5) is 4.39 Å². The first-order valence-corrected chi connectivity index (χ1v) is 10.7. The van der Waals surface area contributed by atoms with E-state index in [9.17, 15) is 14.0 Å². The van der Waals surface area contributed by atoms with Gasteiger partial charge in [-0.1, -0.05) is 18.2 Å². The lowest BCUT2D eigenvalue weighted by molar-refractivity contribution is -0.119. The Balaban J connectivity index is 1.56. The molecule has 0 unspecified atom stereocenters. The number of hydrogen-bond donors (Lipinski definition) is 2. The monoisotopic (exact) mass is 474 g/mol. The standard InChI is InChI=1S/C26H23FN4O4/c1-34-23-13-18(9-12-22(23)35-16-24(28)32)26(33)29-14-19-15-31(21-5-3-2-4-6-21)30-25(19)17-7-10-20(27)11-8-17/h2-13,15H,14,16H2,1H3,(H2,28,32)(H,29,33). The topological polar surface area (TPSA) is 108 Å². The summed E-state index contributed by atoms with van der Waals surface area (Å²) in [6, 6.07) is 20.2. The van der Waals surface area contributed by atoms with Crippen molar-refractivity contribution in [3.05, 3.63) is 95.9 Å². The Bertz CT molecular complexity index is 1340. The number of nitrogens with one attached hydrogen (secondary N) is 1. The fourth-order valence-corrected chi connectivity index (χ4v) is 3.46. The smallest absolute Gasteiger partial charge is 0.255 e. The van der Waals surface area contributed by atoms with Gasteiger partial charge in [0.15, 0.2) is 18.1 Å². The van der Waals surface area contributed by atoms with E-state index in [4.69, 9.17) is 15.2 Å². The summed E-state index contributed by atoms with van der Waals surface area (Å²) in [5.41, 5.74) is 8.41. The number of benzene rings is 3. The number of halogens is 1. The molecule has 0 fully saturated rings. The van der Waals surface area contributed by atoms with Crippen molar-refractivity contribution in [3.8, 4) is 28.4 Å². The Morgan fingerprint density at radius 3 is 2.46 bits per heavy atom. The molecule has 1 heterocycles. The number of nitrogens with zero attached hydrogens (tertiary/aromatic N) is 2. The molecule has 3 N–H and O–H groups in total. The molecule has 0 bridgehead atoms. The van der Waals surface area contributed by atoms with Crippen LogP contribution in [0.5, 0.6) is 11.5 Å². The van der Waals surface area contributed by atoms with Crippen LogP contribution in [-0.4, -0.2) is 35.3 Å². The van der Waals surface area contributed by atoms with Crippen LogP contribution in [-0.2, 0) is 11.3 Å². The fraction of sp³-hybridized carbons (Fsp3) is 0.115. The second-order valence-electron chi connectivity index (χ2n) is 7.59. The second-order valence-corrected chi connectivity index (χ2v) is 7.59. The summed E-state index contributed by atoms with van der Waals surface area (Å²) < 4.78 is 25.8. The summed E-state index contributed by atoms with van der Waals surface area (Å²) in [6.45, 7) is -0.125. The number of amides is 2. The van der Waals surface area contributed by atoms with Crippen LogP contribution in [0.15, 0.2) is 79.0 Å². The maximum absolute atomic E-state index is 13.5. The van der Waals surface area contributed by atoms with Crippen molar-refractivity contribution < 1.29 is 23.5 Å². The van der Waals surface area contributed by atoms with Crippen molar-refractivity contribution >= 4 is 11.8 Å². The van der Waals surface area contributed by atoms with E-state index in [1.54, 1.807) is 22.9 Å². The number of ether oxygens (including phenoxy) is 2. The molecule has 2 amide bonds. The molecule has 0 spiro atoms. The summed E-state index contributed by atoms with van der Waals surface area (Å²) in [6.07, 6.45) is 1.83. The number of rotatable bonds is 9. The van der Waals surface area contributed by atoms with Crippen LogP contribution >= 0.6 is 0 Å². The predicted molar refractivity (Wildman–Crippen MR) is 128 cm³/mol. The van der Waals surface area contributed by atoms with Crippen LogP contribution in [0.25, 0.3) is 16.9 Å². The molecule has 3 aromatic carbocycles. The van der Waals surface area contributed by atoms with Gasteiger partial charge in [0.05, 0.1) is 18.5 Å². The number of aromatic nitrogens is 2. The fourth-order valence-electron chi connectivity index (χ4n) is 3.46. The highest BCUT2D eigenvalue weighted by Crippen LogP contribution is 2.28. The minimum atomic E-state index is -0.623. The number of nitrogens with two attached hydrogens (primary N) is 1. The van der Waals surface area contributed by atoms with Gasteiger partial charge in [0, 0.05) is 29.4 Å². The van der Waals surface area contributed by atoms with Crippen molar-refractivity contribution in [2.75, 3.05) is 13.7 Å². The molecule has 0 aliphatic carbocycles. The first-order chi connectivity index (χ1) is 16.9. The molecule has 0 saturated heterocycles. The molecule has 0 aliphatic heterocycles. The Morgan fingerprint density at radius 2 is 1.77 bits per heavy atom. The van der Waals surface area contributed by atoms with Gasteiger partial charge in [0.1, 0.15) is 5.82 Å². The van der Waals surface area contributed by atoms with Gasteiger partial charge >= 0.3 is 0 Å². The summed E-state index contributed by atoms with van der Waals surface area (Å²) >= 11 is 0. The predicted octanol–water partition coefficient (Wildman–Crippen LogP) is 3.48. The van der Waals surface area contributed by atoms with E-state index in [1.165, 1.54) is 31.4 Å². The molecule has 0 aliphatic rings. The molecule has 4 aromatic rings. The molecular weight excluding hydrogens is 451 g/mol. The van der Waals surface area contributed by atoms with Gasteiger partial charge in [-0.2, -0.15) is 5.10 Å². The summed E-state index contributed by atoms with van der Waals surface area (Å²) in [4.78, 5) is 23.8. The third-order valence-corrected chi connectivity index (χ3v) is 5.16. The zero-order chi connectivity index (χ0) is 24.8. The van der Waals surface area contributed by atoms with Crippen molar-refractivity contribution in [2.45, 2.75) is 6.54 Å². The van der Waals surface area contributed by atoms with E-state index in [2.05, 4.69) is 10.4 Å². The Morgan fingerprint density at radius 1 is 1.03 bits per heavy atom. The highest BCUT2D eigenvalue weighted by atomic mass is 19.1. The maximum atomic E-state index is 13.5. The molecule has 9 heteroatoms. The summed E-state index contributed by atoms with van der Waals surface area (Å²) in [5, 5.41) is 7.56. The van der Waals surface area contributed by atoms with Crippen molar-refractivity contribution in [2.24, 2.45) is 5.73 Å². The van der Waals surface area contributed by atoms with E-state index in [0.29, 0.717) is 22.8 Å². The van der Waals surface area contributed by atoms with Crippen LogP contribution in [0.2, 0.25) is 0 Å². The van der Waals surface area contributed by atoms with Crippen molar-refractivity contribution in [1.82, 2.24) is 15.1 Å². The van der Waals surface area contributed by atoms with E-state index < -0.39 is 5.91 Å². The number of carbonyl (C=O) groups excluding carboxylic acids is 2. The summed E-state index contributed by atoms with van der Waals surface area (Å²) in [5.74, 6) is -0.721. The lowest BCUT2D eigenvalue weighted by Crippen LogP contribution is -2.23. The first-order valence-electron chi connectivity index (χ1n) is 10.7. The minimum absolute atomic E-state index is 0.181. The van der Waals surface area contributed by atoms with E-state index >= 15 is 0 Å². The van der Waals surface area contributed by atoms with Crippen LogP contribution in [0.3, 0.4) is 0 Å². The van der Waals surface area contributed by atoms with Gasteiger partial charge in [0.25, 0.3) is 11.8 Å². The minimum Gasteiger partial charge on any atom is -0.493 e. The van der Waals surface area contributed by atoms with Crippen molar-refractivity contribution in [1.29, 1.82) is 0 Å². The Labute approximate surface area is 201 Å². The van der Waals surface area contributed by atoms with E-state index in [1.807, 2.05) is 36.5 Å². The second kappa shape index (κ2) is 10.5. The maximum Gasteiger partial charge on any atom is 0.255 e. The van der Waals surface area contributed by atoms with Gasteiger partial charge in [-0.25, -0.2) is 9.07 Å². The van der Waals surface area contributed by atoms with Gasteiger partial charge in [-0.3, -0.25) is 9.59 Å². The number of para-hydroxylation sites is 1. The molecule has 4 rings (SSSR count). The molecular formula is C26H23FN4O4. The third-order valence-electron chi connectivity index (χ3n) is 5.16. The Hall–Kier alpha value is -4.66. The largest absolute Gasteiger partial charge is 0.493 e. The highest BCUT2D eigenvalue weighted by Gasteiger charge is 2.16.